The van der Waals surface area contributed by atoms with E-state index >= 15 is 0 Å². The molecule has 1 aliphatic carbocycles. The van der Waals surface area contributed by atoms with Crippen molar-refractivity contribution in [1.82, 2.24) is 15.1 Å². The van der Waals surface area contributed by atoms with Gasteiger partial charge in [-0.25, -0.2) is 4.79 Å². The number of nitrogens with one attached hydrogen (secondary N) is 1. The number of carbonyl (C=O) groups is 2. The van der Waals surface area contributed by atoms with Crippen molar-refractivity contribution in [1.29, 1.82) is 0 Å². The standard InChI is InChI=1S/C17H21N3O3/c1-11-8-12-10-18-19-14(12)13(9-11)15(21)20(2)17(16(22)23)6-4-3-5-7-17/h8-10H,3-7H2,1-2H3,(H,18,19)(H,22,23). The van der Waals surface area contributed by atoms with Gasteiger partial charge in [0.25, 0.3) is 5.91 Å². The smallest absolute Gasteiger partial charge is 0.329 e. The first-order valence-electron chi connectivity index (χ1n) is 7.91. The third-order valence-electron chi connectivity index (χ3n) is 4.95. The lowest BCUT2D eigenvalue weighted by atomic mass is 9.80. The molecule has 122 valence electrons. The fourth-order valence-corrected chi connectivity index (χ4v) is 3.58. The lowest BCUT2D eigenvalue weighted by Gasteiger charge is -2.41. The van der Waals surface area contributed by atoms with Crippen LogP contribution in [-0.4, -0.2) is 44.7 Å². The lowest BCUT2D eigenvalue weighted by molar-refractivity contribution is -0.151. The minimum atomic E-state index is -1.11. The second kappa shape index (κ2) is 5.68. The third kappa shape index (κ3) is 2.48. The van der Waals surface area contributed by atoms with E-state index in [1.54, 1.807) is 19.3 Å². The minimum Gasteiger partial charge on any atom is -0.479 e. The predicted molar refractivity (Wildman–Crippen MR) is 86.4 cm³/mol. The van der Waals surface area contributed by atoms with Gasteiger partial charge in [-0.2, -0.15) is 5.10 Å². The summed E-state index contributed by atoms with van der Waals surface area (Å²) >= 11 is 0. The van der Waals surface area contributed by atoms with Crippen LogP contribution in [0.5, 0.6) is 0 Å². The number of aromatic nitrogens is 2. The molecule has 6 nitrogen and oxygen atoms in total. The molecular formula is C17H21N3O3. The number of hydrogen-bond donors (Lipinski definition) is 2. The van der Waals surface area contributed by atoms with Crippen molar-refractivity contribution in [3.05, 3.63) is 29.5 Å². The van der Waals surface area contributed by atoms with Crippen LogP contribution in [0.1, 0.15) is 48.0 Å². The van der Waals surface area contributed by atoms with Crippen molar-refractivity contribution in [3.63, 3.8) is 0 Å². The number of nitrogens with zero attached hydrogens (tertiary/aromatic N) is 2. The monoisotopic (exact) mass is 315 g/mol. The molecule has 1 saturated carbocycles. The van der Waals surface area contributed by atoms with Crippen LogP contribution in [0, 0.1) is 6.92 Å². The summed E-state index contributed by atoms with van der Waals surface area (Å²) in [6.07, 6.45) is 5.36. The summed E-state index contributed by atoms with van der Waals surface area (Å²) in [6, 6.07) is 3.74. The molecule has 0 aliphatic heterocycles. The van der Waals surface area contributed by atoms with Gasteiger partial charge in [-0.15, -0.1) is 0 Å². The molecular weight excluding hydrogens is 294 g/mol. The number of fused-ring (bicyclic) bond motifs is 1. The Morgan fingerprint density at radius 1 is 1.26 bits per heavy atom. The van der Waals surface area contributed by atoms with Gasteiger partial charge in [-0.1, -0.05) is 19.3 Å². The number of carbonyl (C=O) groups excluding carboxylic acids is 1. The van der Waals surface area contributed by atoms with Crippen molar-refractivity contribution in [2.45, 2.75) is 44.6 Å². The van der Waals surface area contributed by atoms with Crippen LogP contribution in [0.25, 0.3) is 10.9 Å². The van der Waals surface area contributed by atoms with E-state index in [4.69, 9.17) is 0 Å². The number of likely N-dealkylation sites (N-methyl/N-ethyl adjacent to an activating group) is 1. The molecule has 1 amide bonds. The van der Waals surface area contributed by atoms with Crippen molar-refractivity contribution >= 4 is 22.8 Å². The first-order chi connectivity index (χ1) is 11.0. The molecule has 1 fully saturated rings. The van der Waals surface area contributed by atoms with Gasteiger partial charge in [0.05, 0.1) is 17.3 Å². The summed E-state index contributed by atoms with van der Waals surface area (Å²) in [6.45, 7) is 1.91. The van der Waals surface area contributed by atoms with Crippen molar-refractivity contribution in [3.8, 4) is 0 Å². The highest BCUT2D eigenvalue weighted by Gasteiger charge is 2.45. The molecule has 6 heteroatoms. The van der Waals surface area contributed by atoms with E-state index in [0.717, 1.165) is 30.2 Å². The molecule has 0 radical (unpaired) electrons. The highest BCUT2D eigenvalue weighted by Crippen LogP contribution is 2.35. The maximum Gasteiger partial charge on any atom is 0.329 e. The normalized spacial score (nSPS) is 17.1. The summed E-state index contributed by atoms with van der Waals surface area (Å²) in [5.41, 5.74) is 0.976. The van der Waals surface area contributed by atoms with Crippen LogP contribution in [0.15, 0.2) is 18.3 Å². The Bertz CT molecular complexity index is 760. The summed E-state index contributed by atoms with van der Waals surface area (Å²) in [7, 11) is 1.60. The minimum absolute atomic E-state index is 0.271. The first kappa shape index (κ1) is 15.5. The van der Waals surface area contributed by atoms with E-state index in [1.165, 1.54) is 4.90 Å². The fraction of sp³-hybridized carbons (Fsp3) is 0.471. The summed E-state index contributed by atoms with van der Waals surface area (Å²) in [5, 5.41) is 17.5. The van der Waals surface area contributed by atoms with Gasteiger partial charge in [0.1, 0.15) is 5.54 Å². The molecule has 1 heterocycles. The molecule has 2 N–H and O–H groups in total. The van der Waals surface area contributed by atoms with Gasteiger partial charge in [-0.05, 0) is 37.5 Å². The highest BCUT2D eigenvalue weighted by molar-refractivity contribution is 6.07. The Balaban J connectivity index is 2.03. The van der Waals surface area contributed by atoms with Gasteiger partial charge in [0, 0.05) is 12.4 Å². The summed E-state index contributed by atoms with van der Waals surface area (Å²) < 4.78 is 0. The number of amides is 1. The average molecular weight is 315 g/mol. The molecule has 0 atom stereocenters. The lowest BCUT2D eigenvalue weighted by Crippen LogP contribution is -2.56. The van der Waals surface area contributed by atoms with Gasteiger partial charge in [-0.3, -0.25) is 9.89 Å². The number of rotatable bonds is 3. The Kier molecular flexibility index (Phi) is 3.83. The zero-order chi connectivity index (χ0) is 16.6. The number of aromatic amines is 1. The van der Waals surface area contributed by atoms with Gasteiger partial charge in [0.15, 0.2) is 0 Å². The Morgan fingerprint density at radius 2 is 1.96 bits per heavy atom. The fourth-order valence-electron chi connectivity index (χ4n) is 3.58. The van der Waals surface area contributed by atoms with Crippen LogP contribution >= 0.6 is 0 Å². The van der Waals surface area contributed by atoms with Crippen LogP contribution in [0.2, 0.25) is 0 Å². The number of benzene rings is 1. The first-order valence-corrected chi connectivity index (χ1v) is 7.91. The summed E-state index contributed by atoms with van der Waals surface area (Å²) in [5.74, 6) is -1.19. The topological polar surface area (TPSA) is 86.3 Å². The number of carboxylic acid groups (broad SMARTS) is 1. The molecule has 0 unspecified atom stereocenters. The molecule has 0 saturated heterocycles. The number of hydrogen-bond acceptors (Lipinski definition) is 3. The zero-order valence-corrected chi connectivity index (χ0v) is 13.4. The summed E-state index contributed by atoms with van der Waals surface area (Å²) in [4.78, 5) is 26.4. The van der Waals surface area contributed by atoms with E-state index in [1.807, 2.05) is 13.0 Å². The van der Waals surface area contributed by atoms with Crippen molar-refractivity contribution in [2.24, 2.45) is 0 Å². The highest BCUT2D eigenvalue weighted by atomic mass is 16.4. The maximum absolute atomic E-state index is 13.0. The number of aryl methyl sites for hydroxylation is 1. The molecule has 3 rings (SSSR count). The Morgan fingerprint density at radius 3 is 2.61 bits per heavy atom. The van der Waals surface area contributed by atoms with Gasteiger partial charge in [0.2, 0.25) is 0 Å². The molecule has 23 heavy (non-hydrogen) atoms. The number of H-pyrrole nitrogens is 1. The van der Waals surface area contributed by atoms with E-state index in [-0.39, 0.29) is 5.91 Å². The van der Waals surface area contributed by atoms with Crippen molar-refractivity contribution in [2.75, 3.05) is 7.05 Å². The van der Waals surface area contributed by atoms with E-state index in [2.05, 4.69) is 10.2 Å². The van der Waals surface area contributed by atoms with Crippen LogP contribution in [-0.2, 0) is 4.79 Å². The van der Waals surface area contributed by atoms with Gasteiger partial charge >= 0.3 is 5.97 Å². The molecule has 1 aromatic carbocycles. The molecule has 1 aliphatic rings. The van der Waals surface area contributed by atoms with E-state index < -0.39 is 11.5 Å². The van der Waals surface area contributed by atoms with E-state index in [9.17, 15) is 14.7 Å². The maximum atomic E-state index is 13.0. The molecule has 0 bridgehead atoms. The van der Waals surface area contributed by atoms with Crippen molar-refractivity contribution < 1.29 is 14.7 Å². The number of aliphatic carboxylic acids is 1. The predicted octanol–water partition coefficient (Wildman–Crippen LogP) is 2.73. The van der Waals surface area contributed by atoms with Crippen LogP contribution < -0.4 is 0 Å². The Labute approximate surface area is 134 Å². The van der Waals surface area contributed by atoms with Gasteiger partial charge < -0.3 is 10.0 Å². The molecule has 1 aromatic heterocycles. The van der Waals surface area contributed by atoms with E-state index in [0.29, 0.717) is 23.9 Å². The quantitative estimate of drug-likeness (QED) is 0.912. The average Bonchev–Trinajstić information content (AvgIpc) is 3.01. The second-order valence-electron chi connectivity index (χ2n) is 6.41. The molecule has 0 spiro atoms. The largest absolute Gasteiger partial charge is 0.479 e. The second-order valence-corrected chi connectivity index (χ2v) is 6.41. The Hall–Kier alpha value is -2.37. The zero-order valence-electron chi connectivity index (χ0n) is 13.4. The SMILES string of the molecule is Cc1cc(C(=O)N(C)C2(C(=O)O)CCCCC2)c2[nH]ncc2c1. The number of carboxylic acids is 1. The van der Waals surface area contributed by atoms with Crippen LogP contribution in [0.3, 0.4) is 0 Å². The molecule has 2 aromatic rings. The third-order valence-corrected chi connectivity index (χ3v) is 4.95. The van der Waals surface area contributed by atoms with Crippen LogP contribution in [0.4, 0.5) is 0 Å².